The van der Waals surface area contributed by atoms with Gasteiger partial charge in [-0.2, -0.15) is 0 Å². The zero-order valence-electron chi connectivity index (χ0n) is 12.8. The summed E-state index contributed by atoms with van der Waals surface area (Å²) in [6, 6.07) is 7.65. The van der Waals surface area contributed by atoms with E-state index in [1.54, 1.807) is 0 Å². The second-order valence-corrected chi connectivity index (χ2v) is 6.39. The summed E-state index contributed by atoms with van der Waals surface area (Å²) in [5.41, 5.74) is 6.46. The first-order chi connectivity index (χ1) is 9.98. The Hall–Kier alpha value is -1.17. The van der Waals surface area contributed by atoms with Gasteiger partial charge in [-0.1, -0.05) is 24.4 Å². The molecule has 0 aromatic heterocycles. The Morgan fingerprint density at radius 1 is 1.43 bits per heavy atom. The average Bonchev–Trinajstić information content (AvgIpc) is 2.43. The number of para-hydroxylation sites is 1. The molecule has 1 saturated heterocycles. The van der Waals surface area contributed by atoms with Crippen LogP contribution in [0.4, 0.5) is 0 Å². The highest BCUT2D eigenvalue weighted by atomic mass is 32.1. The fraction of sp³-hybridized carbons (Fsp3) is 0.562. The molecule has 0 aliphatic carbocycles. The van der Waals surface area contributed by atoms with Crippen molar-refractivity contribution in [3.05, 3.63) is 29.8 Å². The Morgan fingerprint density at radius 2 is 2.19 bits per heavy atom. The molecule has 1 fully saturated rings. The zero-order chi connectivity index (χ0) is 15.3. The molecule has 0 unspecified atom stereocenters. The van der Waals surface area contributed by atoms with Gasteiger partial charge >= 0.3 is 0 Å². The zero-order valence-corrected chi connectivity index (χ0v) is 13.6. The molecule has 1 heterocycles. The van der Waals surface area contributed by atoms with Gasteiger partial charge in [-0.15, -0.1) is 0 Å². The lowest BCUT2D eigenvalue weighted by Gasteiger charge is -2.38. The maximum Gasteiger partial charge on any atom is 0.129 e. The van der Waals surface area contributed by atoms with Gasteiger partial charge in [0, 0.05) is 19.6 Å². The third kappa shape index (κ3) is 4.95. The van der Waals surface area contributed by atoms with Crippen LogP contribution in [0.2, 0.25) is 0 Å². The van der Waals surface area contributed by atoms with E-state index in [-0.39, 0.29) is 5.60 Å². The normalized spacial score (nSPS) is 18.4. The average molecular weight is 308 g/mol. The van der Waals surface area contributed by atoms with E-state index in [0.29, 0.717) is 11.6 Å². The molecular weight excluding hydrogens is 284 g/mol. The standard InChI is InChI=1S/C16H24N2O2S/c1-16(2)12-18(9-11-20-16)8-5-10-19-14-7-4-3-6-13(14)15(17)21/h3-4,6-7H,5,8-12H2,1-2H3,(H2,17,21). The van der Waals surface area contributed by atoms with Gasteiger partial charge in [-0.3, -0.25) is 4.90 Å². The number of nitrogens with zero attached hydrogens (tertiary/aromatic N) is 1. The van der Waals surface area contributed by atoms with Gasteiger partial charge in [0.05, 0.1) is 24.4 Å². The fourth-order valence-electron chi connectivity index (χ4n) is 2.57. The van der Waals surface area contributed by atoms with Crippen LogP contribution in [0.1, 0.15) is 25.8 Å². The number of hydrogen-bond acceptors (Lipinski definition) is 4. The molecule has 1 aromatic carbocycles. The smallest absolute Gasteiger partial charge is 0.129 e. The van der Waals surface area contributed by atoms with E-state index in [4.69, 9.17) is 27.4 Å². The third-order valence-electron chi connectivity index (χ3n) is 3.53. The third-order valence-corrected chi connectivity index (χ3v) is 3.75. The number of morpholine rings is 1. The van der Waals surface area contributed by atoms with Crippen molar-refractivity contribution < 1.29 is 9.47 Å². The van der Waals surface area contributed by atoms with Crippen LogP contribution in [0.5, 0.6) is 5.75 Å². The van der Waals surface area contributed by atoms with Gasteiger partial charge in [0.1, 0.15) is 10.7 Å². The van der Waals surface area contributed by atoms with E-state index in [1.807, 2.05) is 24.3 Å². The minimum Gasteiger partial charge on any atom is -0.493 e. The Balaban J connectivity index is 1.76. The van der Waals surface area contributed by atoms with Gasteiger partial charge in [0.15, 0.2) is 0 Å². The maximum absolute atomic E-state index is 5.82. The second kappa shape index (κ2) is 7.20. The number of benzene rings is 1. The molecule has 1 aliphatic heterocycles. The quantitative estimate of drug-likeness (QED) is 0.645. The topological polar surface area (TPSA) is 47.7 Å². The number of nitrogens with two attached hydrogens (primary N) is 1. The number of thiocarbonyl (C=S) groups is 1. The lowest BCUT2D eigenvalue weighted by molar-refractivity contribution is -0.0864. The van der Waals surface area contributed by atoms with Crippen LogP contribution in [0.3, 0.4) is 0 Å². The number of rotatable bonds is 6. The molecule has 21 heavy (non-hydrogen) atoms. The predicted octanol–water partition coefficient (Wildman–Crippen LogP) is 2.20. The van der Waals surface area contributed by atoms with Gasteiger partial charge in [0.25, 0.3) is 0 Å². The summed E-state index contributed by atoms with van der Waals surface area (Å²) < 4.78 is 11.5. The number of ether oxygens (including phenoxy) is 2. The maximum atomic E-state index is 5.82. The Kier molecular flexibility index (Phi) is 5.56. The summed E-state index contributed by atoms with van der Waals surface area (Å²) in [4.78, 5) is 2.80. The lowest BCUT2D eigenvalue weighted by Crippen LogP contribution is -2.48. The molecule has 1 aliphatic rings. The Labute approximate surface area is 132 Å². The molecule has 4 nitrogen and oxygen atoms in total. The molecule has 0 atom stereocenters. The van der Waals surface area contributed by atoms with E-state index in [0.717, 1.165) is 44.0 Å². The summed E-state index contributed by atoms with van der Waals surface area (Å²) in [6.07, 6.45) is 0.974. The molecule has 0 bridgehead atoms. The van der Waals surface area contributed by atoms with Crippen LogP contribution in [-0.4, -0.2) is 48.3 Å². The van der Waals surface area contributed by atoms with Gasteiger partial charge < -0.3 is 15.2 Å². The van der Waals surface area contributed by atoms with Crippen LogP contribution in [0, 0.1) is 0 Å². The van der Waals surface area contributed by atoms with Crippen molar-refractivity contribution in [1.29, 1.82) is 0 Å². The van der Waals surface area contributed by atoms with Crippen molar-refractivity contribution >= 4 is 17.2 Å². The van der Waals surface area contributed by atoms with Gasteiger partial charge in [0.2, 0.25) is 0 Å². The predicted molar refractivity (Wildman–Crippen MR) is 88.9 cm³/mol. The highest BCUT2D eigenvalue weighted by Crippen LogP contribution is 2.19. The van der Waals surface area contributed by atoms with E-state index in [9.17, 15) is 0 Å². The van der Waals surface area contributed by atoms with E-state index in [1.165, 1.54) is 0 Å². The molecule has 5 heteroatoms. The van der Waals surface area contributed by atoms with Crippen LogP contribution in [0.25, 0.3) is 0 Å². The second-order valence-electron chi connectivity index (χ2n) is 5.95. The largest absolute Gasteiger partial charge is 0.493 e. The first-order valence-electron chi connectivity index (χ1n) is 7.36. The summed E-state index contributed by atoms with van der Waals surface area (Å²) >= 11 is 5.03. The minimum atomic E-state index is -0.0442. The summed E-state index contributed by atoms with van der Waals surface area (Å²) in [5, 5.41) is 0. The summed E-state index contributed by atoms with van der Waals surface area (Å²) in [7, 11) is 0. The fourth-order valence-corrected chi connectivity index (χ4v) is 2.74. The molecular formula is C16H24N2O2S. The van der Waals surface area contributed by atoms with Crippen LogP contribution in [0.15, 0.2) is 24.3 Å². The van der Waals surface area contributed by atoms with Crippen molar-refractivity contribution in [1.82, 2.24) is 4.90 Å². The molecule has 116 valence electrons. The minimum absolute atomic E-state index is 0.0442. The van der Waals surface area contributed by atoms with Crippen molar-refractivity contribution in [3.63, 3.8) is 0 Å². The molecule has 2 N–H and O–H groups in total. The van der Waals surface area contributed by atoms with Gasteiger partial charge in [-0.05, 0) is 32.4 Å². The summed E-state index contributed by atoms with van der Waals surface area (Å²) in [6.45, 7) is 8.71. The highest BCUT2D eigenvalue weighted by molar-refractivity contribution is 7.80. The van der Waals surface area contributed by atoms with Crippen LogP contribution in [-0.2, 0) is 4.74 Å². The van der Waals surface area contributed by atoms with Gasteiger partial charge in [-0.25, -0.2) is 0 Å². The first kappa shape index (κ1) is 16.2. The van der Waals surface area contributed by atoms with Crippen LogP contribution >= 0.6 is 12.2 Å². The highest BCUT2D eigenvalue weighted by Gasteiger charge is 2.26. The SMILES string of the molecule is CC1(C)CN(CCCOc2ccccc2C(N)=S)CCO1. The van der Waals surface area contributed by atoms with Crippen molar-refractivity contribution in [3.8, 4) is 5.75 Å². The van der Waals surface area contributed by atoms with Crippen molar-refractivity contribution in [2.45, 2.75) is 25.9 Å². The lowest BCUT2D eigenvalue weighted by atomic mass is 10.1. The molecule has 0 spiro atoms. The number of hydrogen-bond donors (Lipinski definition) is 1. The molecule has 1 aromatic rings. The molecule has 2 rings (SSSR count). The van der Waals surface area contributed by atoms with Crippen LogP contribution < -0.4 is 10.5 Å². The van der Waals surface area contributed by atoms with E-state index < -0.39 is 0 Å². The monoisotopic (exact) mass is 308 g/mol. The van der Waals surface area contributed by atoms with E-state index in [2.05, 4.69) is 18.7 Å². The molecule has 0 amide bonds. The Morgan fingerprint density at radius 3 is 2.90 bits per heavy atom. The Bertz CT molecular complexity index is 491. The van der Waals surface area contributed by atoms with E-state index >= 15 is 0 Å². The van der Waals surface area contributed by atoms with Crippen molar-refractivity contribution in [2.75, 3.05) is 32.8 Å². The molecule has 0 saturated carbocycles. The summed E-state index contributed by atoms with van der Waals surface area (Å²) in [5.74, 6) is 0.771. The molecule has 0 radical (unpaired) electrons. The van der Waals surface area contributed by atoms with Crippen molar-refractivity contribution in [2.24, 2.45) is 5.73 Å². The first-order valence-corrected chi connectivity index (χ1v) is 7.77.